The molecule has 0 aromatic carbocycles. The van der Waals surface area contributed by atoms with Gasteiger partial charge in [0.05, 0.1) is 12.5 Å². The second kappa shape index (κ2) is 5.59. The lowest BCUT2D eigenvalue weighted by Gasteiger charge is -2.02. The second-order valence-corrected chi connectivity index (χ2v) is 2.57. The number of rotatable bonds is 2. The first kappa shape index (κ1) is 11.0. The molecule has 0 saturated heterocycles. The Morgan fingerprint density at radius 3 is 2.93 bits per heavy atom. The fourth-order valence-corrected chi connectivity index (χ4v) is 0.811. The zero-order valence-corrected chi connectivity index (χ0v) is 7.76. The van der Waals surface area contributed by atoms with E-state index in [0.717, 1.165) is 0 Å². The fraction of sp³-hybridized carbons (Fsp3) is 0.500. The van der Waals surface area contributed by atoms with Crippen molar-refractivity contribution in [3.63, 3.8) is 0 Å². The third kappa shape index (κ3) is 4.08. The summed E-state index contributed by atoms with van der Waals surface area (Å²) in [5, 5.41) is 8.14. The van der Waals surface area contributed by atoms with E-state index in [-0.39, 0.29) is 31.3 Å². The van der Waals surface area contributed by atoms with Crippen molar-refractivity contribution in [1.82, 2.24) is 0 Å². The lowest BCUT2D eigenvalue weighted by Crippen LogP contribution is -2.11. The normalized spacial score (nSPS) is 14.1. The first-order chi connectivity index (χ1) is 7.22. The van der Waals surface area contributed by atoms with Gasteiger partial charge in [-0.2, -0.15) is 15.0 Å². The van der Waals surface area contributed by atoms with Crippen LogP contribution in [-0.4, -0.2) is 24.6 Å². The van der Waals surface area contributed by atoms with E-state index >= 15 is 0 Å². The van der Waals surface area contributed by atoms with E-state index < -0.39 is 6.16 Å². The van der Waals surface area contributed by atoms with Gasteiger partial charge in [0.25, 0.3) is 0 Å². The lowest BCUT2D eigenvalue weighted by atomic mass is 10.4. The molecule has 0 fully saturated rings. The van der Waals surface area contributed by atoms with Crippen molar-refractivity contribution >= 4 is 18.0 Å². The second-order valence-electron chi connectivity index (χ2n) is 2.57. The van der Waals surface area contributed by atoms with E-state index in [1.165, 1.54) is 0 Å². The third-order valence-electron chi connectivity index (χ3n) is 1.44. The molecule has 0 unspecified atom stereocenters. The van der Waals surface area contributed by atoms with Gasteiger partial charge in [0.2, 0.25) is 11.8 Å². The zero-order chi connectivity index (χ0) is 11.1. The van der Waals surface area contributed by atoms with Crippen molar-refractivity contribution in [2.24, 2.45) is 4.99 Å². The highest BCUT2D eigenvalue weighted by Crippen LogP contribution is 2.07. The molecule has 0 aromatic rings. The van der Waals surface area contributed by atoms with Gasteiger partial charge in [-0.15, -0.1) is 0 Å². The number of amides is 1. The number of nitrogens with zero attached hydrogens (tertiary/aromatic N) is 2. The van der Waals surface area contributed by atoms with Crippen LogP contribution in [0.5, 0.6) is 0 Å². The Hall–Kier alpha value is -2.10. The Morgan fingerprint density at radius 1 is 1.53 bits per heavy atom. The van der Waals surface area contributed by atoms with Gasteiger partial charge >= 0.3 is 6.16 Å². The van der Waals surface area contributed by atoms with Crippen LogP contribution in [0.2, 0.25) is 0 Å². The van der Waals surface area contributed by atoms with E-state index in [1.807, 2.05) is 0 Å². The number of carbonyl (C=O) groups excluding carboxylic acids is 2. The Morgan fingerprint density at radius 2 is 2.33 bits per heavy atom. The lowest BCUT2D eigenvalue weighted by molar-refractivity contribution is -0.183. The molecule has 80 valence electrons. The van der Waals surface area contributed by atoms with E-state index in [9.17, 15) is 9.59 Å². The number of hydrogen-bond acceptors (Lipinski definition) is 6. The van der Waals surface area contributed by atoms with E-state index in [4.69, 9.17) is 5.26 Å². The first-order valence-electron chi connectivity index (χ1n) is 4.21. The van der Waals surface area contributed by atoms with E-state index in [0.29, 0.717) is 6.42 Å². The summed E-state index contributed by atoms with van der Waals surface area (Å²) in [6, 6.07) is 1.78. The number of aliphatic imine (C=N–C) groups is 1. The van der Waals surface area contributed by atoms with Crippen LogP contribution in [-0.2, 0) is 19.3 Å². The number of carbonyl (C=O) groups is 2. The van der Waals surface area contributed by atoms with Crippen LogP contribution in [0, 0.1) is 11.3 Å². The van der Waals surface area contributed by atoms with Gasteiger partial charge in [-0.05, 0) is 0 Å². The fourth-order valence-electron chi connectivity index (χ4n) is 0.811. The van der Waals surface area contributed by atoms with Crippen LogP contribution in [0.1, 0.15) is 19.3 Å². The van der Waals surface area contributed by atoms with Gasteiger partial charge in [-0.1, -0.05) is 0 Å². The number of ether oxygens (including phenoxy) is 1. The molecule has 0 saturated carbocycles. The Bertz CT molecular complexity index is 330. The number of hydrogen-bond donors (Lipinski definition) is 0. The summed E-state index contributed by atoms with van der Waals surface area (Å²) in [4.78, 5) is 33.4. The van der Waals surface area contributed by atoms with Crippen LogP contribution < -0.4 is 0 Å². The van der Waals surface area contributed by atoms with E-state index in [1.54, 1.807) is 6.07 Å². The van der Waals surface area contributed by atoms with Gasteiger partial charge < -0.3 is 4.74 Å². The highest BCUT2D eigenvalue weighted by atomic mass is 17.2. The summed E-state index contributed by atoms with van der Waals surface area (Å²) in [5.41, 5.74) is 0. The van der Waals surface area contributed by atoms with Crippen molar-refractivity contribution in [2.75, 3.05) is 6.61 Å². The Kier molecular flexibility index (Phi) is 4.09. The molecule has 0 N–H and O–H groups in total. The van der Waals surface area contributed by atoms with Crippen molar-refractivity contribution in [3.05, 3.63) is 0 Å². The predicted octanol–water partition coefficient (Wildman–Crippen LogP) is 0.704. The third-order valence-corrected chi connectivity index (χ3v) is 1.44. The molecule has 15 heavy (non-hydrogen) atoms. The molecular weight excluding hydrogens is 204 g/mol. The SMILES string of the molecule is N#CCCOC(=O)OOC1=NC(=O)CC1. The minimum absolute atomic E-state index is 0.0530. The average molecular weight is 212 g/mol. The molecule has 1 aliphatic heterocycles. The molecule has 0 bridgehead atoms. The minimum atomic E-state index is -1.06. The van der Waals surface area contributed by atoms with Gasteiger partial charge in [0.1, 0.15) is 6.61 Å². The van der Waals surface area contributed by atoms with Crippen LogP contribution in [0.25, 0.3) is 0 Å². The zero-order valence-electron chi connectivity index (χ0n) is 7.76. The molecule has 7 nitrogen and oxygen atoms in total. The van der Waals surface area contributed by atoms with Crippen molar-refractivity contribution in [3.8, 4) is 6.07 Å². The van der Waals surface area contributed by atoms with Gasteiger partial charge in [-0.25, -0.2) is 4.89 Å². The quantitative estimate of drug-likeness (QED) is 0.289. The van der Waals surface area contributed by atoms with Crippen LogP contribution in [0.3, 0.4) is 0 Å². The maximum atomic E-state index is 10.7. The topological polar surface area (TPSA) is 98.0 Å². The molecule has 0 aromatic heterocycles. The van der Waals surface area contributed by atoms with Crippen molar-refractivity contribution < 1.29 is 24.1 Å². The maximum absolute atomic E-state index is 10.7. The maximum Gasteiger partial charge on any atom is 0.549 e. The summed E-state index contributed by atoms with van der Waals surface area (Å²) in [6.07, 6.45) is -0.423. The van der Waals surface area contributed by atoms with Gasteiger partial charge in [-0.3, -0.25) is 9.68 Å². The monoisotopic (exact) mass is 212 g/mol. The van der Waals surface area contributed by atoms with Crippen molar-refractivity contribution in [2.45, 2.75) is 19.3 Å². The molecule has 1 amide bonds. The molecule has 1 aliphatic rings. The standard InChI is InChI=1S/C8H8N2O5/c9-4-1-5-13-8(12)15-14-7-3-2-6(11)10-7/h1-3,5H2. The highest BCUT2D eigenvalue weighted by Gasteiger charge is 2.18. The average Bonchev–Trinajstić information content (AvgIpc) is 2.62. The predicted molar refractivity (Wildman–Crippen MR) is 45.4 cm³/mol. The molecule has 0 spiro atoms. The number of nitriles is 1. The Labute approximate surface area is 85.2 Å². The van der Waals surface area contributed by atoms with Crippen LogP contribution >= 0.6 is 0 Å². The summed E-state index contributed by atoms with van der Waals surface area (Å²) in [5.74, 6) is -0.260. The molecule has 1 heterocycles. The summed E-state index contributed by atoms with van der Waals surface area (Å²) < 4.78 is 4.42. The molecule has 0 radical (unpaired) electrons. The van der Waals surface area contributed by atoms with Crippen LogP contribution in [0.4, 0.5) is 4.79 Å². The smallest absolute Gasteiger partial charge is 0.431 e. The van der Waals surface area contributed by atoms with E-state index in [2.05, 4.69) is 19.5 Å². The molecule has 0 atom stereocenters. The molecule has 0 aliphatic carbocycles. The molecular formula is C8H8N2O5. The summed E-state index contributed by atoms with van der Waals surface area (Å²) in [7, 11) is 0. The highest BCUT2D eigenvalue weighted by molar-refractivity contribution is 5.98. The first-order valence-corrected chi connectivity index (χ1v) is 4.21. The Balaban J connectivity index is 2.15. The summed E-state index contributed by atoms with van der Waals surface area (Å²) in [6.45, 7) is -0.0654. The van der Waals surface area contributed by atoms with Gasteiger partial charge in [0, 0.05) is 12.8 Å². The van der Waals surface area contributed by atoms with Gasteiger partial charge in [0.15, 0.2) is 0 Å². The minimum Gasteiger partial charge on any atom is -0.431 e. The largest absolute Gasteiger partial charge is 0.549 e. The van der Waals surface area contributed by atoms with Crippen molar-refractivity contribution in [1.29, 1.82) is 5.26 Å². The molecule has 1 rings (SSSR count). The molecule has 7 heteroatoms. The van der Waals surface area contributed by atoms with Crippen LogP contribution in [0.15, 0.2) is 4.99 Å². The summed E-state index contributed by atoms with van der Waals surface area (Å²) >= 11 is 0.